The van der Waals surface area contributed by atoms with Gasteiger partial charge in [-0.05, 0) is 43.5 Å². The van der Waals surface area contributed by atoms with Crippen molar-refractivity contribution in [3.63, 3.8) is 0 Å². The first-order chi connectivity index (χ1) is 12.0. The molecule has 0 fully saturated rings. The first kappa shape index (κ1) is 21.6. The molecule has 0 bridgehead atoms. The van der Waals surface area contributed by atoms with Crippen LogP contribution in [-0.2, 0) is 9.59 Å². The number of benzene rings is 1. The van der Waals surface area contributed by atoms with Crippen LogP contribution in [0.1, 0.15) is 53.4 Å². The van der Waals surface area contributed by atoms with Crippen molar-refractivity contribution in [1.29, 1.82) is 0 Å². The molecule has 0 saturated heterocycles. The summed E-state index contributed by atoms with van der Waals surface area (Å²) in [6.07, 6.45) is 3.77. The summed E-state index contributed by atoms with van der Waals surface area (Å²) in [5.41, 5.74) is 1.33. The van der Waals surface area contributed by atoms with Gasteiger partial charge in [-0.15, -0.1) is 11.8 Å². The summed E-state index contributed by atoms with van der Waals surface area (Å²) in [7, 11) is 0. The predicted octanol–water partition coefficient (Wildman–Crippen LogP) is 5.35. The number of rotatable bonds is 3. The molecule has 0 saturated carbocycles. The number of hydrogen-bond donors (Lipinski definition) is 2. The second-order valence-electron chi connectivity index (χ2n) is 5.62. The highest BCUT2D eigenvalue weighted by molar-refractivity contribution is 8.03. The molecule has 0 spiro atoms. The molecule has 2 rings (SSSR count). The van der Waals surface area contributed by atoms with Crippen molar-refractivity contribution in [3.05, 3.63) is 39.9 Å². The van der Waals surface area contributed by atoms with E-state index in [-0.39, 0.29) is 11.8 Å². The third-order valence-electron chi connectivity index (χ3n) is 3.55. The number of carbonyl (C=O) groups excluding carboxylic acids is 2. The molecule has 1 unspecified atom stereocenters. The third kappa shape index (κ3) is 7.53. The second-order valence-corrected chi connectivity index (χ2v) is 7.51. The minimum absolute atomic E-state index is 0.155. The quantitative estimate of drug-likeness (QED) is 0.740. The molecule has 138 valence electrons. The van der Waals surface area contributed by atoms with Gasteiger partial charge in [0.2, 0.25) is 5.91 Å². The summed E-state index contributed by atoms with van der Waals surface area (Å²) in [6.45, 7) is 7.58. The molecule has 6 heteroatoms. The normalized spacial score (nSPS) is 20.4. The first-order valence-electron chi connectivity index (χ1n) is 8.70. The highest BCUT2D eigenvalue weighted by Gasteiger charge is 2.21. The number of halogens is 1. The van der Waals surface area contributed by atoms with Crippen LogP contribution in [0.15, 0.2) is 34.9 Å². The standard InChI is InChI=1S/C17H21ClN2O2S.C2H6/c1-11-5-3-4-6-15(17(23-11)19-12(2)21)16(22)20-14-9-7-13(18)8-10-14;1-2/h7-11H,3-6H2,1-2H3,(H,19,21)(H,20,22);1-2H3/b17-15+;. The Kier molecular flexibility index (Phi) is 9.68. The number of hydrogen-bond acceptors (Lipinski definition) is 3. The summed E-state index contributed by atoms with van der Waals surface area (Å²) in [4.78, 5) is 24.1. The van der Waals surface area contributed by atoms with Crippen LogP contribution >= 0.6 is 23.4 Å². The van der Waals surface area contributed by atoms with E-state index in [4.69, 9.17) is 11.6 Å². The van der Waals surface area contributed by atoms with Crippen LogP contribution in [0.5, 0.6) is 0 Å². The number of thioether (sulfide) groups is 1. The van der Waals surface area contributed by atoms with Gasteiger partial charge in [0.05, 0.1) is 5.03 Å². The van der Waals surface area contributed by atoms with Gasteiger partial charge < -0.3 is 10.6 Å². The van der Waals surface area contributed by atoms with Crippen LogP contribution in [0.4, 0.5) is 5.69 Å². The summed E-state index contributed by atoms with van der Waals surface area (Å²) < 4.78 is 0. The fourth-order valence-corrected chi connectivity index (χ4v) is 3.75. The molecule has 0 radical (unpaired) electrons. The zero-order valence-electron chi connectivity index (χ0n) is 15.3. The van der Waals surface area contributed by atoms with Gasteiger partial charge in [-0.25, -0.2) is 0 Å². The van der Waals surface area contributed by atoms with Gasteiger partial charge in [-0.1, -0.05) is 38.8 Å². The van der Waals surface area contributed by atoms with Crippen LogP contribution < -0.4 is 10.6 Å². The van der Waals surface area contributed by atoms with E-state index >= 15 is 0 Å². The van der Waals surface area contributed by atoms with Gasteiger partial charge in [0, 0.05) is 28.5 Å². The molecular weight excluding hydrogens is 356 g/mol. The highest BCUT2D eigenvalue weighted by Crippen LogP contribution is 2.31. The Hall–Kier alpha value is -1.46. The molecule has 1 aromatic rings. The van der Waals surface area contributed by atoms with E-state index < -0.39 is 0 Å². The van der Waals surface area contributed by atoms with Crippen molar-refractivity contribution < 1.29 is 9.59 Å². The molecule has 1 aliphatic rings. The van der Waals surface area contributed by atoms with Crippen molar-refractivity contribution >= 4 is 40.9 Å². The fourth-order valence-electron chi connectivity index (χ4n) is 2.40. The lowest BCUT2D eigenvalue weighted by Crippen LogP contribution is -2.26. The Morgan fingerprint density at radius 1 is 1.12 bits per heavy atom. The average molecular weight is 383 g/mol. The number of carbonyl (C=O) groups is 2. The topological polar surface area (TPSA) is 58.2 Å². The lowest BCUT2D eigenvalue weighted by atomic mass is 10.1. The minimum atomic E-state index is -0.169. The van der Waals surface area contributed by atoms with E-state index in [2.05, 4.69) is 17.6 Å². The molecule has 0 aromatic heterocycles. The van der Waals surface area contributed by atoms with Crippen molar-refractivity contribution in [2.45, 2.75) is 58.6 Å². The molecule has 1 aromatic carbocycles. The monoisotopic (exact) mass is 382 g/mol. The zero-order valence-corrected chi connectivity index (χ0v) is 16.9. The van der Waals surface area contributed by atoms with E-state index in [1.54, 1.807) is 36.0 Å². The largest absolute Gasteiger partial charge is 0.322 e. The summed E-state index contributed by atoms with van der Waals surface area (Å²) in [6, 6.07) is 6.99. The van der Waals surface area contributed by atoms with E-state index in [9.17, 15) is 9.59 Å². The Morgan fingerprint density at radius 2 is 1.76 bits per heavy atom. The summed E-state index contributed by atoms with van der Waals surface area (Å²) >= 11 is 7.42. The maximum absolute atomic E-state index is 12.6. The molecule has 1 atom stereocenters. The number of nitrogens with one attached hydrogen (secondary N) is 2. The van der Waals surface area contributed by atoms with Crippen molar-refractivity contribution in [3.8, 4) is 0 Å². The minimum Gasteiger partial charge on any atom is -0.322 e. The van der Waals surface area contributed by atoms with Gasteiger partial charge >= 0.3 is 0 Å². The van der Waals surface area contributed by atoms with Gasteiger partial charge in [0.15, 0.2) is 0 Å². The molecule has 0 aliphatic carbocycles. The molecule has 2 N–H and O–H groups in total. The van der Waals surface area contributed by atoms with Crippen LogP contribution in [-0.4, -0.2) is 17.1 Å². The number of amides is 2. The second kappa shape index (κ2) is 11.2. The molecule has 4 nitrogen and oxygen atoms in total. The van der Waals surface area contributed by atoms with E-state index in [0.717, 1.165) is 19.3 Å². The molecular formula is C19H27ClN2O2S. The number of anilines is 1. The van der Waals surface area contributed by atoms with E-state index in [0.29, 0.717) is 33.0 Å². The predicted molar refractivity (Wildman–Crippen MR) is 108 cm³/mol. The lowest BCUT2D eigenvalue weighted by molar-refractivity contribution is -0.118. The van der Waals surface area contributed by atoms with Crippen molar-refractivity contribution in [2.24, 2.45) is 0 Å². The summed E-state index contributed by atoms with van der Waals surface area (Å²) in [5.74, 6) is -0.324. The van der Waals surface area contributed by atoms with Crippen molar-refractivity contribution in [1.82, 2.24) is 5.32 Å². The van der Waals surface area contributed by atoms with Crippen LogP contribution in [0.2, 0.25) is 5.02 Å². The van der Waals surface area contributed by atoms with E-state index in [1.165, 1.54) is 6.92 Å². The molecule has 1 aliphatic heterocycles. The van der Waals surface area contributed by atoms with Gasteiger partial charge in [0.25, 0.3) is 5.91 Å². The van der Waals surface area contributed by atoms with Gasteiger partial charge in [-0.3, -0.25) is 9.59 Å². The van der Waals surface area contributed by atoms with Crippen LogP contribution in [0.3, 0.4) is 0 Å². The van der Waals surface area contributed by atoms with Crippen molar-refractivity contribution in [2.75, 3.05) is 5.32 Å². The lowest BCUT2D eigenvalue weighted by Gasteiger charge is -2.21. The average Bonchev–Trinajstić information content (AvgIpc) is 2.56. The maximum atomic E-state index is 12.6. The SMILES string of the molecule is CC.CC(=O)N/C1=C(\C(=O)Nc2ccc(Cl)cc2)CCCCC(C)S1. The molecule has 1 heterocycles. The highest BCUT2D eigenvalue weighted by atomic mass is 35.5. The zero-order chi connectivity index (χ0) is 18.8. The molecule has 2 amide bonds. The van der Waals surface area contributed by atoms with Crippen LogP contribution in [0.25, 0.3) is 0 Å². The van der Waals surface area contributed by atoms with Crippen LogP contribution in [0, 0.1) is 0 Å². The first-order valence-corrected chi connectivity index (χ1v) is 9.96. The van der Waals surface area contributed by atoms with Gasteiger partial charge in [0.1, 0.15) is 0 Å². The fraction of sp³-hybridized carbons (Fsp3) is 0.474. The smallest absolute Gasteiger partial charge is 0.254 e. The summed E-state index contributed by atoms with van der Waals surface area (Å²) in [5, 5.41) is 7.38. The maximum Gasteiger partial charge on any atom is 0.254 e. The Labute approximate surface area is 159 Å². The Bertz CT molecular complexity index is 614. The Balaban J connectivity index is 0.00000151. The Morgan fingerprint density at radius 3 is 2.36 bits per heavy atom. The third-order valence-corrected chi connectivity index (χ3v) is 5.02. The molecule has 25 heavy (non-hydrogen) atoms. The van der Waals surface area contributed by atoms with Gasteiger partial charge in [-0.2, -0.15) is 0 Å². The van der Waals surface area contributed by atoms with E-state index in [1.807, 2.05) is 13.8 Å².